The minimum absolute atomic E-state index is 0.0592. The molecule has 1 heterocycles. The Labute approximate surface area is 163 Å². The first-order valence-corrected chi connectivity index (χ1v) is 9.64. The summed E-state index contributed by atoms with van der Waals surface area (Å²) in [6.45, 7) is 6.29. The van der Waals surface area contributed by atoms with E-state index in [0.29, 0.717) is 28.8 Å². The molecule has 5 nitrogen and oxygen atoms in total. The maximum atomic E-state index is 12.3. The second kappa shape index (κ2) is 9.19. The van der Waals surface area contributed by atoms with Crippen LogP contribution in [0, 0.1) is 0 Å². The van der Waals surface area contributed by atoms with Crippen LogP contribution in [0.2, 0.25) is 0 Å². The molecule has 0 aliphatic carbocycles. The van der Waals surface area contributed by atoms with E-state index in [-0.39, 0.29) is 11.9 Å². The lowest BCUT2D eigenvalue weighted by atomic mass is 10.2. The quantitative estimate of drug-likeness (QED) is 0.309. The summed E-state index contributed by atoms with van der Waals surface area (Å²) in [5.74, 6) is 1.83. The number of ether oxygens (including phenoxy) is 1. The minimum atomic E-state index is -0.279. The summed E-state index contributed by atoms with van der Waals surface area (Å²) in [6, 6.07) is 18.8. The van der Waals surface area contributed by atoms with Crippen LogP contribution in [-0.4, -0.2) is 26.3 Å². The molecule has 1 atom stereocenters. The van der Waals surface area contributed by atoms with Crippen LogP contribution in [0.25, 0.3) is 0 Å². The van der Waals surface area contributed by atoms with Crippen molar-refractivity contribution in [3.8, 4) is 5.75 Å². The molecule has 0 saturated heterocycles. The van der Waals surface area contributed by atoms with E-state index in [1.165, 1.54) is 11.8 Å². The minimum Gasteiger partial charge on any atom is -0.483 e. The Bertz CT molecular complexity index is 894. The van der Waals surface area contributed by atoms with Crippen molar-refractivity contribution in [1.82, 2.24) is 14.8 Å². The van der Waals surface area contributed by atoms with Crippen LogP contribution in [0.3, 0.4) is 0 Å². The highest BCUT2D eigenvalue weighted by atomic mass is 32.2. The van der Waals surface area contributed by atoms with Gasteiger partial charge < -0.3 is 4.74 Å². The van der Waals surface area contributed by atoms with Gasteiger partial charge in [-0.1, -0.05) is 66.4 Å². The molecular weight excluding hydrogens is 358 g/mol. The fraction of sp³-hybridized carbons (Fsp3) is 0.190. The number of nitrogens with zero attached hydrogens (tertiary/aromatic N) is 3. The molecule has 0 bridgehead atoms. The highest BCUT2D eigenvalue weighted by Gasteiger charge is 2.20. The van der Waals surface area contributed by atoms with Crippen LogP contribution < -0.4 is 4.74 Å². The highest BCUT2D eigenvalue weighted by molar-refractivity contribution is 7.99. The Morgan fingerprint density at radius 2 is 1.81 bits per heavy atom. The van der Waals surface area contributed by atoms with Gasteiger partial charge in [-0.2, -0.15) is 0 Å². The Balaban J connectivity index is 1.72. The van der Waals surface area contributed by atoms with Gasteiger partial charge >= 0.3 is 0 Å². The number of hydrogen-bond donors (Lipinski definition) is 0. The van der Waals surface area contributed by atoms with Gasteiger partial charge in [-0.05, 0) is 19.1 Å². The lowest BCUT2D eigenvalue weighted by Gasteiger charge is -2.15. The number of allylic oxidation sites excluding steroid dienone is 1. The van der Waals surface area contributed by atoms with E-state index < -0.39 is 0 Å². The van der Waals surface area contributed by atoms with Crippen LogP contribution in [-0.2, 0) is 6.54 Å². The number of ketones is 1. The van der Waals surface area contributed by atoms with E-state index in [0.717, 1.165) is 5.75 Å². The van der Waals surface area contributed by atoms with Gasteiger partial charge in [0.2, 0.25) is 0 Å². The lowest BCUT2D eigenvalue weighted by molar-refractivity contribution is 0.102. The number of thioether (sulfide) groups is 1. The van der Waals surface area contributed by atoms with E-state index in [1.807, 2.05) is 72.2 Å². The molecule has 138 valence electrons. The molecule has 0 fully saturated rings. The van der Waals surface area contributed by atoms with E-state index in [2.05, 4.69) is 16.8 Å². The molecule has 1 aromatic heterocycles. The molecule has 2 aromatic carbocycles. The van der Waals surface area contributed by atoms with Gasteiger partial charge in [0, 0.05) is 12.1 Å². The molecule has 3 rings (SSSR count). The second-order valence-electron chi connectivity index (χ2n) is 5.89. The number of carbonyl (C=O) groups excluding carboxylic acids is 1. The van der Waals surface area contributed by atoms with E-state index >= 15 is 0 Å². The zero-order valence-electron chi connectivity index (χ0n) is 15.1. The van der Waals surface area contributed by atoms with Crippen LogP contribution in [0.1, 0.15) is 29.2 Å². The molecule has 0 aliphatic heterocycles. The number of aromatic nitrogens is 3. The van der Waals surface area contributed by atoms with Crippen LogP contribution in [0.15, 0.2) is 78.5 Å². The van der Waals surface area contributed by atoms with E-state index in [1.54, 1.807) is 6.08 Å². The first kappa shape index (κ1) is 18.9. The largest absolute Gasteiger partial charge is 0.483 e. The predicted octanol–water partition coefficient (Wildman–Crippen LogP) is 4.58. The molecular formula is C21H21N3O2S. The molecule has 0 radical (unpaired) electrons. The Kier molecular flexibility index (Phi) is 6.44. The molecule has 6 heteroatoms. The summed E-state index contributed by atoms with van der Waals surface area (Å²) in [7, 11) is 0. The van der Waals surface area contributed by atoms with Crippen molar-refractivity contribution < 1.29 is 9.53 Å². The Hall–Kier alpha value is -2.86. The molecule has 27 heavy (non-hydrogen) atoms. The zero-order valence-corrected chi connectivity index (χ0v) is 15.9. The smallest absolute Gasteiger partial charge is 0.192 e. The number of benzene rings is 2. The van der Waals surface area contributed by atoms with Gasteiger partial charge in [0.05, 0.1) is 5.75 Å². The van der Waals surface area contributed by atoms with Crippen molar-refractivity contribution in [2.24, 2.45) is 0 Å². The maximum Gasteiger partial charge on any atom is 0.192 e. The third-order valence-electron chi connectivity index (χ3n) is 3.90. The normalized spacial score (nSPS) is 11.7. The van der Waals surface area contributed by atoms with Crippen molar-refractivity contribution in [2.45, 2.75) is 24.7 Å². The molecule has 0 N–H and O–H groups in total. The van der Waals surface area contributed by atoms with Crippen LogP contribution in [0.5, 0.6) is 5.75 Å². The fourth-order valence-electron chi connectivity index (χ4n) is 2.60. The van der Waals surface area contributed by atoms with Gasteiger partial charge in [0.25, 0.3) is 0 Å². The van der Waals surface area contributed by atoms with Crippen molar-refractivity contribution in [1.29, 1.82) is 0 Å². The second-order valence-corrected chi connectivity index (χ2v) is 6.83. The predicted molar refractivity (Wildman–Crippen MR) is 107 cm³/mol. The third-order valence-corrected chi connectivity index (χ3v) is 4.87. The Morgan fingerprint density at radius 3 is 2.48 bits per heavy atom. The summed E-state index contributed by atoms with van der Waals surface area (Å²) in [4.78, 5) is 12.3. The monoisotopic (exact) mass is 379 g/mol. The molecule has 0 unspecified atom stereocenters. The van der Waals surface area contributed by atoms with Gasteiger partial charge in [0.15, 0.2) is 22.9 Å². The van der Waals surface area contributed by atoms with E-state index in [4.69, 9.17) is 4.74 Å². The zero-order chi connectivity index (χ0) is 19.1. The number of para-hydroxylation sites is 1. The third kappa shape index (κ3) is 4.86. The SMILES string of the molecule is C=CCn1c(SCC(=O)c2ccccc2)nnc1[C@H](C)Oc1ccccc1. The number of rotatable bonds is 9. The summed E-state index contributed by atoms with van der Waals surface area (Å²) < 4.78 is 7.90. The van der Waals surface area contributed by atoms with Crippen LogP contribution >= 0.6 is 11.8 Å². The maximum absolute atomic E-state index is 12.3. The van der Waals surface area contributed by atoms with Gasteiger partial charge in [-0.25, -0.2) is 0 Å². The summed E-state index contributed by atoms with van der Waals surface area (Å²) >= 11 is 1.37. The number of carbonyl (C=O) groups is 1. The van der Waals surface area contributed by atoms with Crippen molar-refractivity contribution in [3.05, 3.63) is 84.7 Å². The highest BCUT2D eigenvalue weighted by Crippen LogP contribution is 2.25. The summed E-state index contributed by atoms with van der Waals surface area (Å²) in [6.07, 6.45) is 1.50. The topological polar surface area (TPSA) is 57.0 Å². The number of hydrogen-bond acceptors (Lipinski definition) is 5. The molecule has 0 saturated carbocycles. The summed E-state index contributed by atoms with van der Waals surface area (Å²) in [5.41, 5.74) is 0.695. The summed E-state index contributed by atoms with van der Waals surface area (Å²) in [5, 5.41) is 9.23. The van der Waals surface area contributed by atoms with Gasteiger partial charge in [-0.3, -0.25) is 9.36 Å². The Morgan fingerprint density at radius 1 is 1.15 bits per heavy atom. The van der Waals surface area contributed by atoms with Crippen LogP contribution in [0.4, 0.5) is 0 Å². The van der Waals surface area contributed by atoms with Gasteiger partial charge in [0.1, 0.15) is 5.75 Å². The first-order valence-electron chi connectivity index (χ1n) is 8.65. The molecule has 0 aliphatic rings. The van der Waals surface area contributed by atoms with Gasteiger partial charge in [-0.15, -0.1) is 16.8 Å². The number of Topliss-reactive ketones (excluding diaryl/α,β-unsaturated/α-hetero) is 1. The average Bonchev–Trinajstić information content (AvgIpc) is 3.10. The molecule has 0 amide bonds. The fourth-order valence-corrected chi connectivity index (χ4v) is 3.45. The lowest BCUT2D eigenvalue weighted by Crippen LogP contribution is -2.12. The van der Waals surface area contributed by atoms with Crippen molar-refractivity contribution in [2.75, 3.05) is 5.75 Å². The van der Waals surface area contributed by atoms with E-state index in [9.17, 15) is 4.79 Å². The average molecular weight is 379 g/mol. The molecule has 3 aromatic rings. The standard InChI is InChI=1S/C21H21N3O2S/c1-3-14-24-20(16(2)26-18-12-8-5-9-13-18)22-23-21(24)27-15-19(25)17-10-6-4-7-11-17/h3-13,16H,1,14-15H2,2H3/t16-/m0/s1. The first-order chi connectivity index (χ1) is 13.2. The van der Waals surface area contributed by atoms with Crippen molar-refractivity contribution >= 4 is 17.5 Å². The van der Waals surface area contributed by atoms with Crippen molar-refractivity contribution in [3.63, 3.8) is 0 Å². The molecule has 0 spiro atoms.